The number of carboxylic acid groups (broad SMARTS) is 1. The van der Waals surface area contributed by atoms with Gasteiger partial charge in [0.2, 0.25) is 53.2 Å². The number of rotatable bonds is 39. The number of benzene rings is 1. The molecule has 0 unspecified atom stereocenters. The number of ether oxygens (including phenoxy) is 1. The largest absolute Gasteiger partial charge is 0.481 e. The maximum absolute atomic E-state index is 14.3. The van der Waals surface area contributed by atoms with Crippen LogP contribution < -0.4 is 64.6 Å². The van der Waals surface area contributed by atoms with Crippen LogP contribution in [0.15, 0.2) is 30.3 Å². The van der Waals surface area contributed by atoms with Crippen LogP contribution >= 0.6 is 47.8 Å². The van der Waals surface area contributed by atoms with E-state index in [1.165, 1.54) is 23.5 Å². The van der Waals surface area contributed by atoms with E-state index in [4.69, 9.17) is 33.2 Å². The minimum Gasteiger partial charge on any atom is -0.481 e. The second-order valence-electron chi connectivity index (χ2n) is 20.4. The van der Waals surface area contributed by atoms with Crippen molar-refractivity contribution in [2.75, 3.05) is 62.5 Å². The standard InChI is InChI=1S/C51H86ClN13O12S3/c1-8-22-77-23-21-56-43(71)36(28-78)63-45(73)34(24-31-15-10-9-11-16-31)62-48(76)38(30-80-51(5,6)7)65-46(74)35(25-41(68)69)60-40(67)27-58-42(70)32(18-14-20-57-49(54)55)61-47(75)37(29-79-50(2,3)4)64-44(72)33(17-12-13-19-53)59-39(66)26-52/h9-11,15-16,32-38,78H,8,12-14,17-30,53H2,1-7H3,(H,56,71)(H,58,70)(H,59,66)(H,60,67)(H,61,75)(H,62,76)(H,63,73)(H,64,72)(H,65,74)(H,68,69)(H4,54,55,57)/t32-,33-,34-,35-,36-,37-,38-/m0/s1. The van der Waals surface area contributed by atoms with Crippen molar-refractivity contribution in [3.05, 3.63) is 35.9 Å². The number of carboxylic acids is 1. The van der Waals surface area contributed by atoms with Gasteiger partial charge in [-0.25, -0.2) is 0 Å². The smallest absolute Gasteiger partial charge is 0.305 e. The summed E-state index contributed by atoms with van der Waals surface area (Å²) in [4.78, 5) is 135. The molecule has 80 heavy (non-hydrogen) atoms. The van der Waals surface area contributed by atoms with Gasteiger partial charge in [0, 0.05) is 52.9 Å². The number of halogens is 1. The number of alkyl halides is 1. The molecule has 0 radical (unpaired) electrons. The highest BCUT2D eigenvalue weighted by molar-refractivity contribution is 8.00. The van der Waals surface area contributed by atoms with Crippen molar-refractivity contribution in [3.63, 3.8) is 0 Å². The van der Waals surface area contributed by atoms with E-state index in [1.54, 1.807) is 30.3 Å². The summed E-state index contributed by atoms with van der Waals surface area (Å²) in [6, 6.07) is -0.586. The maximum Gasteiger partial charge on any atom is 0.305 e. The molecule has 0 spiro atoms. The summed E-state index contributed by atoms with van der Waals surface area (Å²) < 4.78 is 4.56. The number of hydrogen-bond acceptors (Lipinski definition) is 16. The Labute approximate surface area is 488 Å². The van der Waals surface area contributed by atoms with Gasteiger partial charge >= 0.3 is 5.97 Å². The summed E-state index contributed by atoms with van der Waals surface area (Å²) in [6.45, 7) is 13.7. The second kappa shape index (κ2) is 39.0. The van der Waals surface area contributed by atoms with Gasteiger partial charge in [0.15, 0.2) is 5.96 Å². The SMILES string of the molecule is CCCOCCNC(=O)[C@H](CS)NC(=O)[C@H](Cc1ccccc1)NC(=O)[C@H](CSC(C)(C)C)NC(=O)[C@H](CC(=O)O)NC(=O)CNC(=O)[C@H](CCCNC(=N)N)NC(=O)[C@H](CSC(C)(C)C)NC(=O)[C@H](CCCCN)NC(=O)CCl. The lowest BCUT2D eigenvalue weighted by molar-refractivity contribution is -0.141. The summed E-state index contributed by atoms with van der Waals surface area (Å²) in [7, 11) is 0. The molecule has 9 amide bonds. The van der Waals surface area contributed by atoms with Crippen LogP contribution in [0.3, 0.4) is 0 Å². The summed E-state index contributed by atoms with van der Waals surface area (Å²) in [5.74, 6) is -9.62. The molecule has 0 aliphatic carbocycles. The molecule has 0 aromatic heterocycles. The minimum absolute atomic E-state index is 0.0315. The van der Waals surface area contributed by atoms with Crippen LogP contribution in [0.4, 0.5) is 0 Å². The average Bonchev–Trinajstić information content (AvgIpc) is 3.38. The Morgan fingerprint density at radius 1 is 0.625 bits per heavy atom. The Balaban J connectivity index is 3.44. The average molecular weight is 1200 g/mol. The van der Waals surface area contributed by atoms with E-state index in [9.17, 15) is 53.1 Å². The van der Waals surface area contributed by atoms with Gasteiger partial charge in [0.25, 0.3) is 0 Å². The molecule has 7 atom stereocenters. The second-order valence-corrected chi connectivity index (χ2v) is 24.7. The number of aliphatic carboxylic acids is 1. The van der Waals surface area contributed by atoms with E-state index in [-0.39, 0.29) is 68.6 Å². The molecule has 0 saturated heterocycles. The van der Waals surface area contributed by atoms with Gasteiger partial charge in [0.1, 0.15) is 48.2 Å². The molecule has 1 aromatic carbocycles. The van der Waals surface area contributed by atoms with Gasteiger partial charge in [-0.1, -0.05) is 78.8 Å². The number of hydrogen-bond donors (Lipinski definition) is 15. The first-order chi connectivity index (χ1) is 37.6. The highest BCUT2D eigenvalue weighted by Gasteiger charge is 2.35. The van der Waals surface area contributed by atoms with E-state index < -0.39 is 130 Å². The number of amides is 9. The van der Waals surface area contributed by atoms with Crippen LogP contribution in [0.2, 0.25) is 0 Å². The van der Waals surface area contributed by atoms with E-state index >= 15 is 0 Å². The zero-order valence-electron chi connectivity index (χ0n) is 46.9. The van der Waals surface area contributed by atoms with Crippen molar-refractivity contribution in [2.24, 2.45) is 11.5 Å². The molecule has 0 aliphatic heterocycles. The van der Waals surface area contributed by atoms with E-state index in [1.807, 2.05) is 48.5 Å². The predicted molar refractivity (Wildman–Crippen MR) is 314 cm³/mol. The first-order valence-electron chi connectivity index (χ1n) is 26.4. The molecule has 25 nitrogen and oxygen atoms in total. The van der Waals surface area contributed by atoms with Crippen LogP contribution in [0.25, 0.3) is 0 Å². The van der Waals surface area contributed by atoms with Crippen molar-refractivity contribution in [1.29, 1.82) is 5.41 Å². The molecule has 0 aliphatic rings. The third kappa shape index (κ3) is 32.6. The fraction of sp³-hybridized carbons (Fsp3) is 0.667. The number of thioether (sulfide) groups is 2. The molecule has 16 N–H and O–H groups in total. The number of carbonyl (C=O) groups excluding carboxylic acids is 9. The first kappa shape index (κ1) is 72.5. The number of thiol groups is 1. The van der Waals surface area contributed by atoms with Gasteiger partial charge in [-0.2, -0.15) is 36.2 Å². The third-order valence-electron chi connectivity index (χ3n) is 11.0. The fourth-order valence-electron chi connectivity index (χ4n) is 6.98. The molecular formula is C51H86ClN13O12S3. The Bertz CT molecular complexity index is 2180. The van der Waals surface area contributed by atoms with Crippen molar-refractivity contribution >= 4 is 113 Å². The van der Waals surface area contributed by atoms with E-state index in [2.05, 4.69) is 65.8 Å². The lowest BCUT2D eigenvalue weighted by Crippen LogP contribution is -2.60. The Morgan fingerprint density at radius 2 is 1.11 bits per heavy atom. The Kier molecular flexibility index (Phi) is 35.3. The molecule has 1 rings (SSSR count). The summed E-state index contributed by atoms with van der Waals surface area (Å²) in [5.41, 5.74) is 11.7. The van der Waals surface area contributed by atoms with E-state index in [0.717, 1.165) is 6.42 Å². The van der Waals surface area contributed by atoms with Crippen molar-refractivity contribution in [2.45, 2.75) is 152 Å². The number of guanidine groups is 1. The number of unbranched alkanes of at least 4 members (excludes halogenated alkanes) is 1. The molecule has 29 heteroatoms. The van der Waals surface area contributed by atoms with Crippen LogP contribution in [0, 0.1) is 5.41 Å². The normalized spacial score (nSPS) is 14.0. The number of nitrogens with one attached hydrogen (secondary N) is 11. The molecular weight excluding hydrogens is 1120 g/mol. The lowest BCUT2D eigenvalue weighted by Gasteiger charge is -2.28. The van der Waals surface area contributed by atoms with Gasteiger partial charge in [0.05, 0.1) is 19.6 Å². The first-order valence-corrected chi connectivity index (χ1v) is 29.5. The quantitative estimate of drug-likeness (QED) is 0.0128. The zero-order chi connectivity index (χ0) is 60.4. The minimum atomic E-state index is -1.80. The monoisotopic (exact) mass is 1200 g/mol. The third-order valence-corrected chi connectivity index (χ3v) is 14.4. The fourth-order valence-corrected chi connectivity index (χ4v) is 9.11. The van der Waals surface area contributed by atoms with Crippen LogP contribution in [0.1, 0.15) is 99.0 Å². The van der Waals surface area contributed by atoms with Gasteiger partial charge in [-0.15, -0.1) is 11.6 Å². The highest BCUT2D eigenvalue weighted by atomic mass is 35.5. The topological polar surface area (TPSA) is 396 Å². The van der Waals surface area contributed by atoms with Crippen molar-refractivity contribution in [1.82, 2.24) is 53.2 Å². The molecule has 452 valence electrons. The zero-order valence-corrected chi connectivity index (χ0v) is 50.2. The van der Waals surface area contributed by atoms with Gasteiger partial charge < -0.3 is 74.5 Å². The summed E-state index contributed by atoms with van der Waals surface area (Å²) >= 11 is 12.6. The number of nitrogens with two attached hydrogens (primary N) is 2. The van der Waals surface area contributed by atoms with Gasteiger partial charge in [-0.05, 0) is 50.6 Å². The Hall–Kier alpha value is -5.55. The van der Waals surface area contributed by atoms with Crippen LogP contribution in [0.5, 0.6) is 0 Å². The Morgan fingerprint density at radius 3 is 1.64 bits per heavy atom. The molecule has 0 heterocycles. The molecule has 0 saturated carbocycles. The van der Waals surface area contributed by atoms with Gasteiger partial charge in [-0.3, -0.25) is 53.4 Å². The van der Waals surface area contributed by atoms with Crippen molar-refractivity contribution in [3.8, 4) is 0 Å². The van der Waals surface area contributed by atoms with Crippen LogP contribution in [-0.4, -0.2) is 185 Å². The lowest BCUT2D eigenvalue weighted by atomic mass is 10.0. The molecule has 0 fully saturated rings. The summed E-state index contributed by atoms with van der Waals surface area (Å²) in [5, 5.41) is 43.1. The molecule has 1 aromatic rings. The van der Waals surface area contributed by atoms with E-state index in [0.29, 0.717) is 31.6 Å². The molecule has 0 bridgehead atoms. The predicted octanol–water partition coefficient (Wildman–Crippen LogP) is -0.619. The number of carbonyl (C=O) groups is 10. The van der Waals surface area contributed by atoms with Crippen LogP contribution in [-0.2, 0) is 59.1 Å². The summed E-state index contributed by atoms with van der Waals surface area (Å²) in [6.07, 6.45) is 1.09. The maximum atomic E-state index is 14.3. The highest BCUT2D eigenvalue weighted by Crippen LogP contribution is 2.25. The van der Waals surface area contributed by atoms with Crippen molar-refractivity contribution < 1.29 is 57.8 Å².